The van der Waals surface area contributed by atoms with Crippen molar-refractivity contribution in [2.45, 2.75) is 25.3 Å². The number of carbonyl (C=O) groups is 1. The van der Waals surface area contributed by atoms with Crippen LogP contribution in [0, 0.1) is 0 Å². The van der Waals surface area contributed by atoms with Gasteiger partial charge in [0.1, 0.15) is 9.71 Å². The maximum atomic E-state index is 12.1. The second-order valence-electron chi connectivity index (χ2n) is 4.93. The van der Waals surface area contributed by atoms with Gasteiger partial charge in [-0.3, -0.25) is 4.79 Å². The number of thiophene rings is 1. The van der Waals surface area contributed by atoms with Gasteiger partial charge in [-0.25, -0.2) is 0 Å². The van der Waals surface area contributed by atoms with E-state index in [1.165, 1.54) is 24.2 Å². The van der Waals surface area contributed by atoms with Crippen molar-refractivity contribution in [1.29, 1.82) is 0 Å². The summed E-state index contributed by atoms with van der Waals surface area (Å²) in [6, 6.07) is 2.49. The van der Waals surface area contributed by atoms with Crippen LogP contribution in [0.3, 0.4) is 0 Å². The molecule has 1 amide bonds. The molecular weight excluding hydrogens is 274 g/mol. The zero-order chi connectivity index (χ0) is 13.9. The minimum absolute atomic E-state index is 0.128. The van der Waals surface area contributed by atoms with Crippen molar-refractivity contribution in [2.24, 2.45) is 0 Å². The van der Waals surface area contributed by atoms with Crippen LogP contribution in [0.2, 0.25) is 0 Å². The fraction of sp³-hybridized carbons (Fsp3) is 0.462. The number of carbonyl (C=O) groups excluding carboxylic acids is 1. The minimum Gasteiger partial charge on any atom is -0.397 e. The van der Waals surface area contributed by atoms with E-state index in [1.54, 1.807) is 12.3 Å². The van der Waals surface area contributed by atoms with Crippen LogP contribution in [0.1, 0.15) is 28.9 Å². The Morgan fingerprint density at radius 1 is 1.45 bits per heavy atom. The second-order valence-corrected chi connectivity index (χ2v) is 5.93. The predicted molar refractivity (Wildman–Crippen MR) is 79.8 cm³/mol. The Bertz CT molecular complexity index is 622. The fourth-order valence-corrected chi connectivity index (χ4v) is 2.96. The molecule has 2 aromatic rings. The Hall–Kier alpha value is -1.73. The molecule has 106 valence electrons. The van der Waals surface area contributed by atoms with E-state index in [2.05, 4.69) is 20.8 Å². The van der Waals surface area contributed by atoms with E-state index < -0.39 is 0 Å². The summed E-state index contributed by atoms with van der Waals surface area (Å²) >= 11 is 1.28. The van der Waals surface area contributed by atoms with Gasteiger partial charge in [0.2, 0.25) is 0 Å². The molecule has 0 unspecified atom stereocenters. The van der Waals surface area contributed by atoms with Crippen LogP contribution in [-0.4, -0.2) is 35.2 Å². The van der Waals surface area contributed by atoms with Crippen LogP contribution in [0.5, 0.6) is 0 Å². The van der Waals surface area contributed by atoms with Crippen molar-refractivity contribution in [3.8, 4) is 0 Å². The Morgan fingerprint density at radius 2 is 2.30 bits per heavy atom. The maximum Gasteiger partial charge on any atom is 0.263 e. The molecule has 0 aliphatic heterocycles. The van der Waals surface area contributed by atoms with Gasteiger partial charge in [0.15, 0.2) is 0 Å². The van der Waals surface area contributed by atoms with Crippen LogP contribution in [0.4, 0.5) is 5.69 Å². The molecule has 20 heavy (non-hydrogen) atoms. The molecule has 0 radical (unpaired) electrons. The van der Waals surface area contributed by atoms with Gasteiger partial charge in [-0.1, -0.05) is 0 Å². The second kappa shape index (κ2) is 5.72. The number of hydrogen-bond acceptors (Lipinski definition) is 6. The molecule has 4 N–H and O–H groups in total. The number of amides is 1. The molecule has 3 rings (SSSR count). The SMILES string of the molecule is Nc1c(C(=O)NCCCNC2CC2)sc2nnccc12. The van der Waals surface area contributed by atoms with E-state index in [4.69, 9.17) is 5.73 Å². The molecule has 2 aromatic heterocycles. The summed E-state index contributed by atoms with van der Waals surface area (Å²) in [5, 5.41) is 14.9. The van der Waals surface area contributed by atoms with Crippen LogP contribution in [-0.2, 0) is 0 Å². The largest absolute Gasteiger partial charge is 0.397 e. The first-order valence-corrected chi connectivity index (χ1v) is 7.58. The fourth-order valence-electron chi connectivity index (χ4n) is 2.01. The normalized spacial score (nSPS) is 14.6. The third kappa shape index (κ3) is 2.88. The van der Waals surface area contributed by atoms with Gasteiger partial charge in [-0.05, 0) is 31.9 Å². The van der Waals surface area contributed by atoms with Crippen molar-refractivity contribution in [1.82, 2.24) is 20.8 Å². The lowest BCUT2D eigenvalue weighted by atomic mass is 10.3. The Kier molecular flexibility index (Phi) is 3.79. The van der Waals surface area contributed by atoms with Gasteiger partial charge in [-0.15, -0.1) is 16.4 Å². The van der Waals surface area contributed by atoms with Crippen molar-refractivity contribution in [3.63, 3.8) is 0 Å². The van der Waals surface area contributed by atoms with Crippen LogP contribution in [0.25, 0.3) is 10.2 Å². The van der Waals surface area contributed by atoms with E-state index in [0.29, 0.717) is 28.0 Å². The number of nitrogens with two attached hydrogens (primary N) is 1. The van der Waals surface area contributed by atoms with Crippen LogP contribution in [0.15, 0.2) is 12.3 Å². The van der Waals surface area contributed by atoms with E-state index in [0.717, 1.165) is 18.4 Å². The number of nitrogens with one attached hydrogen (secondary N) is 2. The molecule has 1 saturated carbocycles. The van der Waals surface area contributed by atoms with Crippen molar-refractivity contribution in [2.75, 3.05) is 18.8 Å². The lowest BCUT2D eigenvalue weighted by molar-refractivity contribution is 0.0958. The van der Waals surface area contributed by atoms with Gasteiger partial charge in [0, 0.05) is 18.0 Å². The minimum atomic E-state index is -0.128. The van der Waals surface area contributed by atoms with E-state index >= 15 is 0 Å². The highest BCUT2D eigenvalue weighted by molar-refractivity contribution is 7.21. The van der Waals surface area contributed by atoms with E-state index in [1.807, 2.05) is 0 Å². The number of anilines is 1. The first-order chi connectivity index (χ1) is 9.75. The first-order valence-electron chi connectivity index (χ1n) is 6.77. The van der Waals surface area contributed by atoms with Crippen molar-refractivity contribution >= 4 is 33.1 Å². The highest BCUT2D eigenvalue weighted by Crippen LogP contribution is 2.31. The summed E-state index contributed by atoms with van der Waals surface area (Å²) in [4.78, 5) is 13.3. The summed E-state index contributed by atoms with van der Waals surface area (Å²) in [7, 11) is 0. The summed E-state index contributed by atoms with van der Waals surface area (Å²) in [5.74, 6) is -0.128. The molecule has 0 aromatic carbocycles. The number of hydrogen-bond donors (Lipinski definition) is 3. The molecular formula is C13H17N5OS. The third-order valence-electron chi connectivity index (χ3n) is 3.28. The Balaban J connectivity index is 1.56. The average Bonchev–Trinajstić information content (AvgIpc) is 3.22. The monoisotopic (exact) mass is 291 g/mol. The van der Waals surface area contributed by atoms with E-state index in [9.17, 15) is 4.79 Å². The summed E-state index contributed by atoms with van der Waals surface area (Å²) in [6.45, 7) is 1.59. The van der Waals surface area contributed by atoms with Gasteiger partial charge in [0.25, 0.3) is 5.91 Å². The summed E-state index contributed by atoms with van der Waals surface area (Å²) < 4.78 is 0. The van der Waals surface area contributed by atoms with Crippen molar-refractivity contribution < 1.29 is 4.79 Å². The molecule has 2 heterocycles. The number of fused-ring (bicyclic) bond motifs is 1. The molecule has 0 spiro atoms. The van der Waals surface area contributed by atoms with Crippen LogP contribution < -0.4 is 16.4 Å². The number of nitrogen functional groups attached to an aromatic ring is 1. The predicted octanol–water partition coefficient (Wildman–Crippen LogP) is 1.15. The lowest BCUT2D eigenvalue weighted by Crippen LogP contribution is -2.27. The molecule has 0 atom stereocenters. The third-order valence-corrected chi connectivity index (χ3v) is 4.38. The topological polar surface area (TPSA) is 92.9 Å². The first kappa shape index (κ1) is 13.3. The number of rotatable bonds is 6. The Morgan fingerprint density at radius 3 is 3.05 bits per heavy atom. The summed E-state index contributed by atoms with van der Waals surface area (Å²) in [6.07, 6.45) is 5.07. The van der Waals surface area contributed by atoms with Crippen LogP contribution >= 0.6 is 11.3 Å². The molecule has 6 nitrogen and oxygen atoms in total. The molecule has 0 bridgehead atoms. The zero-order valence-electron chi connectivity index (χ0n) is 11.1. The molecule has 0 saturated heterocycles. The lowest BCUT2D eigenvalue weighted by Gasteiger charge is -2.05. The quantitative estimate of drug-likeness (QED) is 0.694. The van der Waals surface area contributed by atoms with Gasteiger partial charge >= 0.3 is 0 Å². The zero-order valence-corrected chi connectivity index (χ0v) is 11.9. The summed E-state index contributed by atoms with van der Waals surface area (Å²) in [5.41, 5.74) is 6.48. The maximum absolute atomic E-state index is 12.1. The molecule has 7 heteroatoms. The standard InChI is InChI=1S/C13H17N5OS/c14-10-9-4-7-17-18-13(9)20-11(10)12(19)16-6-1-5-15-8-2-3-8/h4,7-8,15H,1-3,5-6,14H2,(H,16,19). The average molecular weight is 291 g/mol. The number of nitrogens with zero attached hydrogens (tertiary/aromatic N) is 2. The Labute approximate surface area is 120 Å². The van der Waals surface area contributed by atoms with Gasteiger partial charge in [-0.2, -0.15) is 5.10 Å². The van der Waals surface area contributed by atoms with E-state index in [-0.39, 0.29) is 5.91 Å². The number of aromatic nitrogens is 2. The molecule has 1 fully saturated rings. The highest BCUT2D eigenvalue weighted by Gasteiger charge is 2.20. The van der Waals surface area contributed by atoms with Gasteiger partial charge in [0.05, 0.1) is 11.9 Å². The van der Waals surface area contributed by atoms with Crippen molar-refractivity contribution in [3.05, 3.63) is 17.1 Å². The molecule has 1 aliphatic carbocycles. The molecule has 1 aliphatic rings. The highest BCUT2D eigenvalue weighted by atomic mass is 32.1. The van der Waals surface area contributed by atoms with Gasteiger partial charge < -0.3 is 16.4 Å². The smallest absolute Gasteiger partial charge is 0.263 e.